The molecule has 8 atom stereocenters. The number of ether oxygens (including phenoxy) is 5. The highest BCUT2D eigenvalue weighted by atomic mass is 16.7. The zero-order chi connectivity index (χ0) is 84.0. The van der Waals surface area contributed by atoms with Gasteiger partial charge in [0.2, 0.25) is 11.8 Å². The second-order valence-corrected chi connectivity index (χ2v) is 36.7. The molecule has 4 saturated heterocycles. The number of aliphatic carboxylic acids is 1. The quantitative estimate of drug-likeness (QED) is 0.0157. The maximum absolute atomic E-state index is 14.3. The Morgan fingerprint density at radius 2 is 0.955 bits per heavy atom. The van der Waals surface area contributed by atoms with E-state index in [0.717, 1.165) is 17.5 Å². The molecule has 0 bridgehead atoms. The van der Waals surface area contributed by atoms with Crippen LogP contribution in [0, 0.1) is 5.41 Å². The first kappa shape index (κ1) is 95.0. The van der Waals surface area contributed by atoms with Crippen molar-refractivity contribution in [2.24, 2.45) is 16.9 Å². The van der Waals surface area contributed by atoms with E-state index in [1.165, 1.54) is 37.5 Å². The molecule has 7 rings (SSSR count). The molecule has 111 heavy (non-hydrogen) atoms. The fraction of sp³-hybridized carbons (Fsp3) is 0.747. The Kier molecular flexibility index (Phi) is 32.7. The summed E-state index contributed by atoms with van der Waals surface area (Å²) in [4.78, 5) is 108. The first-order valence-corrected chi connectivity index (χ1v) is 39.2. The van der Waals surface area contributed by atoms with E-state index in [-0.39, 0.29) is 75.9 Å². The number of carboxylic acid groups (broad SMARTS) is 1. The highest BCUT2D eigenvalue weighted by molar-refractivity contribution is 6.45. The third kappa shape index (κ3) is 27.8. The molecule has 0 radical (unpaired) electrons. The molecule has 4 heterocycles. The molecule has 29 nitrogen and oxygen atoms in total. The number of aliphatic hydroxyl groups is 2. The van der Waals surface area contributed by atoms with Gasteiger partial charge in [0.15, 0.2) is 0 Å². The monoisotopic (exact) mass is 1560 g/mol. The summed E-state index contributed by atoms with van der Waals surface area (Å²) in [7, 11) is -2.10. The van der Waals surface area contributed by atoms with Gasteiger partial charge in [-0.05, 0) is 220 Å². The zero-order valence-corrected chi connectivity index (χ0v) is 70.0. The van der Waals surface area contributed by atoms with Crippen LogP contribution in [-0.2, 0) is 79.5 Å². The molecule has 2 aromatic carbocycles. The number of carbonyl (C=O) groups excluding carboxylic acids is 7. The number of hydrogen-bond donors (Lipinski definition) is 10. The molecular formula is C79H132B3N7O22. The van der Waals surface area contributed by atoms with Gasteiger partial charge < -0.3 is 95.1 Å². The van der Waals surface area contributed by atoms with E-state index in [1.807, 2.05) is 116 Å². The summed E-state index contributed by atoms with van der Waals surface area (Å²) >= 11 is 0. The van der Waals surface area contributed by atoms with Crippen molar-refractivity contribution in [1.82, 2.24) is 25.8 Å². The molecule has 624 valence electrons. The normalized spacial score (nSPS) is 23.9. The van der Waals surface area contributed by atoms with Gasteiger partial charge in [-0.2, -0.15) is 0 Å². The van der Waals surface area contributed by atoms with Crippen LogP contribution in [0.1, 0.15) is 246 Å². The molecular weight excluding hydrogens is 1430 g/mol. The number of likely N-dealkylation sites (tertiary alicyclic amines) is 2. The number of hydrogen-bond acceptors (Lipinski definition) is 23. The van der Waals surface area contributed by atoms with Gasteiger partial charge in [-0.15, -0.1) is 0 Å². The number of unbranched alkanes of at least 4 members (excludes halogenated alkanes) is 3. The average Bonchev–Trinajstić information content (AvgIpc) is 1.63. The van der Waals surface area contributed by atoms with Crippen molar-refractivity contribution < 1.29 is 106 Å². The summed E-state index contributed by atoms with van der Waals surface area (Å²) in [5.74, 6) is -3.17. The van der Waals surface area contributed by atoms with Gasteiger partial charge in [0.05, 0.1) is 39.0 Å². The minimum absolute atomic E-state index is 0.00705. The van der Waals surface area contributed by atoms with Crippen LogP contribution in [0.25, 0.3) is 0 Å². The van der Waals surface area contributed by atoms with Crippen molar-refractivity contribution in [1.29, 1.82) is 0 Å². The fourth-order valence-corrected chi connectivity index (χ4v) is 14.1. The second-order valence-electron chi connectivity index (χ2n) is 36.7. The Labute approximate surface area is 659 Å². The van der Waals surface area contributed by atoms with Gasteiger partial charge in [0, 0.05) is 37.6 Å². The average molecular weight is 1560 g/mol. The summed E-state index contributed by atoms with van der Waals surface area (Å²) in [5, 5.41) is 56.0. The summed E-state index contributed by atoms with van der Waals surface area (Å²) < 4.78 is 53.0. The minimum Gasteiger partial charge on any atom is -0.481 e. The number of benzene rings is 2. The van der Waals surface area contributed by atoms with Crippen molar-refractivity contribution in [2.75, 3.05) is 13.1 Å². The van der Waals surface area contributed by atoms with Crippen LogP contribution in [0.3, 0.4) is 0 Å². The number of nitrogens with one attached hydrogen (secondary N) is 3. The highest BCUT2D eigenvalue weighted by Crippen LogP contribution is 2.45. The molecule has 0 spiro atoms. The van der Waals surface area contributed by atoms with Crippen molar-refractivity contribution in [3.05, 3.63) is 71.8 Å². The third-order valence-corrected chi connectivity index (χ3v) is 21.4. The van der Waals surface area contributed by atoms with E-state index in [4.69, 9.17) is 63.8 Å². The zero-order valence-electron chi connectivity index (χ0n) is 70.0. The number of esters is 2. The van der Waals surface area contributed by atoms with E-state index in [1.54, 1.807) is 62.3 Å². The molecule has 0 unspecified atom stereocenters. The highest BCUT2D eigenvalue weighted by Gasteiger charge is 2.59. The van der Waals surface area contributed by atoms with Crippen LogP contribution >= 0.6 is 0 Å². The summed E-state index contributed by atoms with van der Waals surface area (Å²) in [5.41, 5.74) is 2.90. The van der Waals surface area contributed by atoms with E-state index < -0.39 is 136 Å². The van der Waals surface area contributed by atoms with Crippen LogP contribution in [0.5, 0.6) is 0 Å². The summed E-state index contributed by atoms with van der Waals surface area (Å²) in [6.07, 6.45) is 5.70. The molecule has 5 amide bonds. The predicted molar refractivity (Wildman–Crippen MR) is 421 cm³/mol. The predicted octanol–water partition coefficient (Wildman–Crippen LogP) is 9.69. The number of alkyl carbamates (subject to hydrolysis) is 1. The first-order chi connectivity index (χ1) is 50.9. The number of nitrogens with two attached hydrogens (primary N) is 2. The molecule has 32 heteroatoms. The van der Waals surface area contributed by atoms with Gasteiger partial charge in [0.25, 0.3) is 0 Å². The van der Waals surface area contributed by atoms with Crippen molar-refractivity contribution in [3.63, 3.8) is 0 Å². The lowest BCUT2D eigenvalue weighted by molar-refractivity contribution is -0.159. The molecule has 5 fully saturated rings. The van der Waals surface area contributed by atoms with Crippen molar-refractivity contribution in [2.45, 2.75) is 359 Å². The Hall–Kier alpha value is -6.61. The maximum atomic E-state index is 14.3. The summed E-state index contributed by atoms with van der Waals surface area (Å²) in [6.45, 7) is 37.7. The Morgan fingerprint density at radius 1 is 0.550 bits per heavy atom. The lowest BCUT2D eigenvalue weighted by atomic mass is 9.78. The lowest BCUT2D eigenvalue weighted by Gasteiger charge is -2.37. The number of amides is 5. The molecule has 5 aliphatic rings. The van der Waals surface area contributed by atoms with Crippen LogP contribution in [0.2, 0.25) is 19.0 Å². The number of carbonyl (C=O) groups is 8. The van der Waals surface area contributed by atoms with Crippen LogP contribution < -0.4 is 27.4 Å². The topological polar surface area (TPSA) is 415 Å². The molecule has 0 aromatic heterocycles. The van der Waals surface area contributed by atoms with Crippen LogP contribution in [0.4, 0.5) is 14.4 Å². The van der Waals surface area contributed by atoms with Gasteiger partial charge in [0.1, 0.15) is 53.2 Å². The largest absolute Gasteiger partial charge is 0.481 e. The Bertz CT molecular complexity index is 3380. The van der Waals surface area contributed by atoms with E-state index >= 15 is 0 Å². The number of carboxylic acids is 1. The number of rotatable bonds is 29. The van der Waals surface area contributed by atoms with Crippen molar-refractivity contribution in [3.8, 4) is 0 Å². The van der Waals surface area contributed by atoms with E-state index in [2.05, 4.69) is 16.0 Å². The van der Waals surface area contributed by atoms with Crippen LogP contribution in [0.15, 0.2) is 60.7 Å². The Morgan fingerprint density at radius 3 is 1.35 bits per heavy atom. The lowest BCUT2D eigenvalue weighted by Crippen LogP contribution is -2.59. The molecule has 2 aromatic rings. The van der Waals surface area contributed by atoms with E-state index in [0.29, 0.717) is 83.3 Å². The summed E-state index contributed by atoms with van der Waals surface area (Å²) in [6, 6.07) is 14.8. The van der Waals surface area contributed by atoms with Gasteiger partial charge in [-0.3, -0.25) is 24.2 Å². The second kappa shape index (κ2) is 38.2. The molecule has 1 aliphatic carbocycles. The minimum atomic E-state index is -1.69. The number of nitrogens with zero attached hydrogens (tertiary/aromatic N) is 2. The standard InChI is InChI=1S/C37H60BN3O10.C27H43BN2O6.C15H29BN2O6/c1-32(2,3)48-30(44)40-27(34(7,8)46)28(42)39-26-22-37(41(23-26)31(45)49-33(4,5)6,29(43)47-24-25-18-14-13-15-19-25)20-16-17-21-38-50-35(9,10)36(11,12)51-38;1-24(2,3)34-23(32)30-18-21(29)17-27(30,22(31)33-19-20-13-9-8-10-14-20)15-11-12-16-28-35-25(4,5)26(6,7)36-28;1-14(2,22)11(17)12(19)18-10-5-7-15(9-10,13(20)21)6-3-4-8-16(23)24/h13-15,18-19,26-27,46H,16-17,20-24H2,1-12H3,(H,39,42)(H,40,44);8-10,13-14,21H,11-12,15-19,29H2,1-7H3;10-11,22-24H,3-9,17H2,1-2H3,(H,18,19)(H,20,21)/t26-,27-,37-;21-,27-;10-,11+,15+/m110/s1. The molecule has 4 aliphatic heterocycles. The van der Waals surface area contributed by atoms with E-state index in [9.17, 15) is 53.7 Å². The third-order valence-electron chi connectivity index (χ3n) is 21.4. The molecule has 12 N–H and O–H groups in total. The van der Waals surface area contributed by atoms with Gasteiger partial charge >= 0.3 is 57.5 Å². The smallest absolute Gasteiger partial charge is 0.457 e. The fourth-order valence-electron chi connectivity index (χ4n) is 14.1. The van der Waals surface area contributed by atoms with Gasteiger partial charge in [-0.1, -0.05) is 99.2 Å². The van der Waals surface area contributed by atoms with Crippen LogP contribution in [-0.4, -0.2) is 209 Å². The maximum Gasteiger partial charge on any atom is 0.457 e. The molecule has 1 saturated carbocycles. The first-order valence-electron chi connectivity index (χ1n) is 39.2. The Balaban J connectivity index is 0.000000319. The van der Waals surface area contributed by atoms with Gasteiger partial charge in [-0.25, -0.2) is 24.0 Å². The SMILES string of the molecule is CC(C)(C)OC(=O)N1C[C@H](N)C[C@]1(CCCCB1OC(C)(C)C(C)(C)O1)C(=O)OCc1ccccc1.CC(C)(C)OC(=O)N[C@H](C(=O)N[C@H]1CN(C(=O)OC(C)(C)C)[C@@](CCCCB2OC(C)(C)C(C)(C)O2)(C(=O)OCc2ccccc2)C1)C(C)(C)O.CC(C)(O)[C@H](N)C(=O)N[C@H]1CC[C@@](CCCCB(O)O)(C(=O)O)C1. The van der Waals surface area contributed by atoms with Crippen molar-refractivity contribution >= 4 is 69.4 Å².